The van der Waals surface area contributed by atoms with Gasteiger partial charge in [0.1, 0.15) is 4.88 Å². The molecule has 0 saturated carbocycles. The van der Waals surface area contributed by atoms with E-state index in [-0.39, 0.29) is 17.9 Å². The van der Waals surface area contributed by atoms with Crippen LogP contribution in [0.5, 0.6) is 0 Å². The number of halogens is 2. The van der Waals surface area contributed by atoms with Crippen LogP contribution in [0.4, 0.5) is 0 Å². The van der Waals surface area contributed by atoms with Crippen molar-refractivity contribution in [2.75, 3.05) is 13.1 Å². The zero-order chi connectivity index (χ0) is 15.1. The van der Waals surface area contributed by atoms with Crippen LogP contribution in [-0.4, -0.2) is 35.1 Å². The van der Waals surface area contributed by atoms with E-state index in [4.69, 9.17) is 23.2 Å². The van der Waals surface area contributed by atoms with E-state index in [1.807, 2.05) is 19.1 Å². The van der Waals surface area contributed by atoms with Gasteiger partial charge in [0.15, 0.2) is 0 Å². The topological polar surface area (TPSA) is 40.5 Å². The molecule has 1 fully saturated rings. The lowest BCUT2D eigenvalue weighted by molar-refractivity contribution is 0.0300. The van der Waals surface area contributed by atoms with Gasteiger partial charge in [0.25, 0.3) is 5.91 Å². The minimum absolute atomic E-state index is 0.0592. The Bertz CT molecular complexity index is 700. The summed E-state index contributed by atoms with van der Waals surface area (Å²) in [7, 11) is 0. The lowest BCUT2D eigenvalue weighted by Crippen LogP contribution is -2.44. The average Bonchev–Trinajstić information content (AvgIpc) is 2.77. The molecule has 1 N–H and O–H groups in total. The van der Waals surface area contributed by atoms with E-state index in [1.54, 1.807) is 11.0 Å². The zero-order valence-corrected chi connectivity index (χ0v) is 13.8. The smallest absolute Gasteiger partial charge is 0.265 e. The molecule has 21 heavy (non-hydrogen) atoms. The Morgan fingerprint density at radius 3 is 2.90 bits per heavy atom. The van der Waals surface area contributed by atoms with Crippen molar-refractivity contribution in [2.24, 2.45) is 5.92 Å². The third-order valence-electron chi connectivity index (χ3n) is 3.93. The third kappa shape index (κ3) is 2.78. The van der Waals surface area contributed by atoms with Crippen molar-refractivity contribution >= 4 is 50.5 Å². The Kier molecular flexibility index (Phi) is 4.14. The first kappa shape index (κ1) is 15.1. The van der Waals surface area contributed by atoms with Crippen LogP contribution in [0.2, 0.25) is 10.0 Å². The van der Waals surface area contributed by atoms with Crippen LogP contribution in [0.3, 0.4) is 0 Å². The lowest BCUT2D eigenvalue weighted by atomic mass is 9.96. The van der Waals surface area contributed by atoms with Crippen LogP contribution in [-0.2, 0) is 0 Å². The van der Waals surface area contributed by atoms with E-state index in [1.165, 1.54) is 11.3 Å². The highest BCUT2D eigenvalue weighted by Crippen LogP contribution is 2.37. The van der Waals surface area contributed by atoms with Gasteiger partial charge < -0.3 is 10.0 Å². The summed E-state index contributed by atoms with van der Waals surface area (Å²) in [6, 6.07) is 5.44. The number of nitrogens with zero attached hydrogens (tertiary/aromatic N) is 1. The molecule has 2 atom stereocenters. The van der Waals surface area contributed by atoms with E-state index in [0.29, 0.717) is 34.4 Å². The van der Waals surface area contributed by atoms with Crippen molar-refractivity contribution < 1.29 is 9.90 Å². The molecule has 1 aromatic carbocycles. The average molecular weight is 344 g/mol. The Balaban J connectivity index is 1.93. The summed E-state index contributed by atoms with van der Waals surface area (Å²) in [5.41, 5.74) is 0. The molecule has 2 heterocycles. The van der Waals surface area contributed by atoms with Gasteiger partial charge in [-0.25, -0.2) is 0 Å². The Hall–Kier alpha value is -0.810. The number of piperidine rings is 1. The summed E-state index contributed by atoms with van der Waals surface area (Å²) in [4.78, 5) is 15.0. The van der Waals surface area contributed by atoms with Crippen molar-refractivity contribution in [1.82, 2.24) is 4.90 Å². The summed E-state index contributed by atoms with van der Waals surface area (Å²) >= 11 is 13.7. The van der Waals surface area contributed by atoms with Gasteiger partial charge in [0, 0.05) is 28.2 Å². The number of hydrogen-bond acceptors (Lipinski definition) is 3. The zero-order valence-electron chi connectivity index (χ0n) is 11.5. The van der Waals surface area contributed by atoms with Crippen LogP contribution in [0.15, 0.2) is 18.2 Å². The molecule has 3 nitrogen and oxygen atoms in total. The molecular formula is C15H15Cl2NO2S. The molecule has 2 unspecified atom stereocenters. The number of rotatable bonds is 1. The fourth-order valence-electron chi connectivity index (χ4n) is 2.64. The Labute approximate surface area is 137 Å². The summed E-state index contributed by atoms with van der Waals surface area (Å²) in [6.45, 7) is 3.08. The maximum Gasteiger partial charge on any atom is 0.265 e. The molecule has 112 valence electrons. The van der Waals surface area contributed by atoms with Crippen molar-refractivity contribution in [2.45, 2.75) is 19.4 Å². The van der Waals surface area contributed by atoms with E-state index in [2.05, 4.69) is 0 Å². The second-order valence-corrected chi connectivity index (χ2v) is 7.34. The van der Waals surface area contributed by atoms with Crippen LogP contribution in [0.25, 0.3) is 10.1 Å². The number of benzene rings is 1. The number of thiophene rings is 1. The molecule has 0 aliphatic carbocycles. The number of aliphatic hydroxyl groups is 1. The normalized spacial score (nSPS) is 22.8. The van der Waals surface area contributed by atoms with Crippen LogP contribution in [0, 0.1) is 5.92 Å². The van der Waals surface area contributed by atoms with E-state index < -0.39 is 0 Å². The molecule has 2 aromatic rings. The fourth-order valence-corrected chi connectivity index (χ4v) is 4.39. The summed E-state index contributed by atoms with van der Waals surface area (Å²) < 4.78 is 0.918. The summed E-state index contributed by atoms with van der Waals surface area (Å²) in [6.07, 6.45) is 0.284. The number of aliphatic hydroxyl groups excluding tert-OH is 1. The van der Waals surface area contributed by atoms with E-state index in [9.17, 15) is 9.90 Å². The van der Waals surface area contributed by atoms with Gasteiger partial charge in [0.2, 0.25) is 0 Å². The quantitative estimate of drug-likeness (QED) is 0.848. The molecule has 1 aliphatic rings. The van der Waals surface area contributed by atoms with Crippen molar-refractivity contribution in [1.29, 1.82) is 0 Å². The highest BCUT2D eigenvalue weighted by atomic mass is 35.5. The Morgan fingerprint density at radius 1 is 1.43 bits per heavy atom. The van der Waals surface area contributed by atoms with E-state index >= 15 is 0 Å². The molecule has 0 bridgehead atoms. The largest absolute Gasteiger partial charge is 0.393 e. The third-order valence-corrected chi connectivity index (χ3v) is 5.81. The first-order chi connectivity index (χ1) is 9.97. The monoisotopic (exact) mass is 343 g/mol. The molecule has 0 spiro atoms. The molecule has 3 rings (SSSR count). The van der Waals surface area contributed by atoms with Gasteiger partial charge in [-0.1, -0.05) is 36.2 Å². The second kappa shape index (κ2) is 5.76. The predicted octanol–water partition coefficient (Wildman–Crippen LogP) is 4.05. The van der Waals surface area contributed by atoms with Gasteiger partial charge in [0.05, 0.1) is 11.1 Å². The van der Waals surface area contributed by atoms with E-state index in [0.717, 1.165) is 10.1 Å². The maximum absolute atomic E-state index is 12.7. The number of amides is 1. The van der Waals surface area contributed by atoms with Crippen LogP contribution in [0.1, 0.15) is 23.0 Å². The standard InChI is InChI=1S/C15H15Cl2NO2S/c1-8-7-18(5-4-11(8)19)15(20)14-13(17)10-3-2-9(16)6-12(10)21-14/h2-3,6,8,11,19H,4-5,7H2,1H3. The molecular weight excluding hydrogens is 329 g/mol. The van der Waals surface area contributed by atoms with Crippen molar-refractivity contribution in [3.8, 4) is 0 Å². The number of carbonyl (C=O) groups is 1. The van der Waals surface area contributed by atoms with Crippen molar-refractivity contribution in [3.63, 3.8) is 0 Å². The van der Waals surface area contributed by atoms with Gasteiger partial charge in [-0.05, 0) is 24.5 Å². The fraction of sp³-hybridized carbons (Fsp3) is 0.400. The lowest BCUT2D eigenvalue weighted by Gasteiger charge is -2.34. The Morgan fingerprint density at radius 2 is 2.19 bits per heavy atom. The molecule has 1 aromatic heterocycles. The van der Waals surface area contributed by atoms with Gasteiger partial charge in [-0.3, -0.25) is 4.79 Å². The minimum atomic E-state index is -0.328. The van der Waals surface area contributed by atoms with Gasteiger partial charge in [-0.15, -0.1) is 11.3 Å². The van der Waals surface area contributed by atoms with Crippen molar-refractivity contribution in [3.05, 3.63) is 33.1 Å². The summed E-state index contributed by atoms with van der Waals surface area (Å²) in [5.74, 6) is 0.0290. The maximum atomic E-state index is 12.7. The highest BCUT2D eigenvalue weighted by molar-refractivity contribution is 7.21. The second-order valence-electron chi connectivity index (χ2n) is 5.47. The number of hydrogen-bond donors (Lipinski definition) is 1. The van der Waals surface area contributed by atoms with Gasteiger partial charge in [-0.2, -0.15) is 0 Å². The SMILES string of the molecule is CC1CN(C(=O)c2sc3cc(Cl)ccc3c2Cl)CCC1O. The van der Waals surface area contributed by atoms with Crippen LogP contribution >= 0.6 is 34.5 Å². The summed E-state index contributed by atoms with van der Waals surface area (Å²) in [5, 5.41) is 11.8. The highest BCUT2D eigenvalue weighted by Gasteiger charge is 2.30. The van der Waals surface area contributed by atoms with Gasteiger partial charge >= 0.3 is 0 Å². The number of fused-ring (bicyclic) bond motifs is 1. The molecule has 0 radical (unpaired) electrons. The first-order valence-corrected chi connectivity index (χ1v) is 8.39. The first-order valence-electron chi connectivity index (χ1n) is 6.82. The number of carbonyl (C=O) groups excluding carboxylic acids is 1. The van der Waals surface area contributed by atoms with Crippen LogP contribution < -0.4 is 0 Å². The number of likely N-dealkylation sites (tertiary alicyclic amines) is 1. The molecule has 1 amide bonds. The molecule has 1 saturated heterocycles. The molecule has 6 heteroatoms. The molecule has 1 aliphatic heterocycles. The minimum Gasteiger partial charge on any atom is -0.393 e. The predicted molar refractivity (Wildman–Crippen MR) is 87.5 cm³/mol.